The zero-order valence-corrected chi connectivity index (χ0v) is 44.1. The number of furan rings is 4. The van der Waals surface area contributed by atoms with E-state index in [2.05, 4.69) is 114 Å². The minimum Gasteiger partial charge on any atom is -0.488 e. The lowest BCUT2D eigenvalue weighted by Crippen LogP contribution is -2.22. The fourth-order valence-electron chi connectivity index (χ4n) is 12.1. The molecule has 83 heavy (non-hydrogen) atoms. The van der Waals surface area contributed by atoms with Crippen LogP contribution >= 0.6 is 0 Å². The van der Waals surface area contributed by atoms with Crippen LogP contribution in [0.25, 0.3) is 146 Å². The molecule has 2 aliphatic rings. The summed E-state index contributed by atoms with van der Waals surface area (Å²) in [7, 11) is 0. The lowest BCUT2D eigenvalue weighted by atomic mass is 9.87. The van der Waals surface area contributed by atoms with Crippen molar-refractivity contribution in [2.24, 2.45) is 5.92 Å². The van der Waals surface area contributed by atoms with Crippen molar-refractivity contribution in [3.05, 3.63) is 242 Å². The molecular formula is C70H44N8O5. The smallest absolute Gasteiger partial charge is 0.206 e. The van der Waals surface area contributed by atoms with Crippen LogP contribution in [0.15, 0.2) is 243 Å². The van der Waals surface area contributed by atoms with Gasteiger partial charge in [-0.2, -0.15) is 0 Å². The summed E-state index contributed by atoms with van der Waals surface area (Å²) in [6, 6.07) is 58.8. The normalized spacial score (nSPS) is 15.0. The molecule has 13 heterocycles. The lowest BCUT2D eigenvalue weighted by molar-refractivity contribution is 0.145. The van der Waals surface area contributed by atoms with E-state index in [1.165, 1.54) is 5.56 Å². The summed E-state index contributed by atoms with van der Waals surface area (Å²) in [5.74, 6) is 5.02. The number of benzene rings is 3. The molecule has 0 radical (unpaired) electrons. The van der Waals surface area contributed by atoms with Gasteiger partial charge < -0.3 is 22.4 Å². The molecule has 15 aromatic rings. The van der Waals surface area contributed by atoms with E-state index >= 15 is 0 Å². The standard InChI is InChI=1S/C70H44N8O5/c1-5-29-71-53(9-1)63-23-21-59(79-63)43-13-17-57-47(35-43)51-37-45(39-75-69(51)77(57)67-27-25-65(82-67)55-11-3-7-31-73-55)41-15-19-61-49(33-41)50-34-42(16-20-62(50)81-61)46-38-52-48-36-44(60-22-24-64(80-60)54-10-2-6-30-72-54)14-18-58(48)78(70(52)76-40-46)68-28-26-66(83-68)56-12-4-8-32-74-56/h1-21,23-35,37-40,44,60H,22,36H2. The molecule has 0 spiro atoms. The molecule has 13 heteroatoms. The van der Waals surface area contributed by atoms with E-state index < -0.39 is 0 Å². The molecule has 0 saturated carbocycles. The lowest BCUT2D eigenvalue weighted by Gasteiger charge is -2.24. The average molecular weight is 1080 g/mol. The molecule has 17 rings (SSSR count). The summed E-state index contributed by atoms with van der Waals surface area (Å²) in [5, 5.41) is 4.98. The third kappa shape index (κ3) is 7.84. The van der Waals surface area contributed by atoms with Crippen molar-refractivity contribution in [2.45, 2.75) is 18.9 Å². The summed E-state index contributed by atoms with van der Waals surface area (Å²) in [4.78, 5) is 28.7. The van der Waals surface area contributed by atoms with Crippen LogP contribution in [0.1, 0.15) is 23.4 Å². The van der Waals surface area contributed by atoms with Gasteiger partial charge in [-0.15, -0.1) is 0 Å². The highest BCUT2D eigenvalue weighted by Crippen LogP contribution is 2.44. The number of rotatable bonds is 10. The van der Waals surface area contributed by atoms with Crippen LogP contribution in [0.2, 0.25) is 0 Å². The number of hydrogen-bond acceptors (Lipinski definition) is 11. The molecule has 1 aliphatic heterocycles. The first-order valence-corrected chi connectivity index (χ1v) is 27.5. The second kappa shape index (κ2) is 18.7. The third-order valence-electron chi connectivity index (χ3n) is 16.1. The van der Waals surface area contributed by atoms with E-state index in [1.54, 1.807) is 24.8 Å². The van der Waals surface area contributed by atoms with Gasteiger partial charge in [-0.1, -0.05) is 42.5 Å². The average Bonchev–Trinajstić information content (AvgIpc) is 2.42. The fourth-order valence-corrected chi connectivity index (χ4v) is 12.1. The van der Waals surface area contributed by atoms with Crippen molar-refractivity contribution >= 4 is 66.7 Å². The Hall–Kier alpha value is -11.2. The van der Waals surface area contributed by atoms with Gasteiger partial charge in [-0.25, -0.2) is 9.97 Å². The van der Waals surface area contributed by atoms with Gasteiger partial charge in [0, 0.05) is 105 Å². The van der Waals surface area contributed by atoms with Gasteiger partial charge in [0.05, 0.1) is 11.2 Å². The second-order valence-corrected chi connectivity index (χ2v) is 21.0. The largest absolute Gasteiger partial charge is 0.488 e. The predicted octanol–water partition coefficient (Wildman–Crippen LogP) is 16.8. The van der Waals surface area contributed by atoms with Gasteiger partial charge >= 0.3 is 0 Å². The number of fused-ring (bicyclic) bond motifs is 9. The zero-order valence-electron chi connectivity index (χ0n) is 44.1. The molecule has 2 unspecified atom stereocenters. The van der Waals surface area contributed by atoms with Crippen LogP contribution in [0.5, 0.6) is 0 Å². The van der Waals surface area contributed by atoms with Gasteiger partial charge in [-0.3, -0.25) is 29.1 Å². The number of nitrogens with zero attached hydrogens (tertiary/aromatic N) is 8. The monoisotopic (exact) mass is 1080 g/mol. The number of aromatic nitrogens is 8. The molecular weight excluding hydrogens is 1030 g/mol. The Bertz CT molecular complexity index is 5090. The first kappa shape index (κ1) is 46.7. The summed E-state index contributed by atoms with van der Waals surface area (Å²) in [6.07, 6.45) is 19.2. The van der Waals surface area contributed by atoms with Crippen LogP contribution in [-0.4, -0.2) is 45.1 Å². The molecule has 0 saturated heterocycles. The van der Waals surface area contributed by atoms with E-state index in [0.29, 0.717) is 29.0 Å². The van der Waals surface area contributed by atoms with Crippen molar-refractivity contribution in [3.8, 4) is 79.7 Å². The van der Waals surface area contributed by atoms with E-state index in [1.807, 2.05) is 122 Å². The summed E-state index contributed by atoms with van der Waals surface area (Å²) in [6.45, 7) is 0. The molecule has 0 N–H and O–H groups in total. The van der Waals surface area contributed by atoms with Crippen LogP contribution in [0, 0.1) is 5.92 Å². The van der Waals surface area contributed by atoms with Crippen LogP contribution < -0.4 is 0 Å². The molecule has 0 fully saturated rings. The molecule has 13 nitrogen and oxygen atoms in total. The van der Waals surface area contributed by atoms with Crippen LogP contribution in [-0.2, 0) is 11.2 Å². The predicted molar refractivity (Wildman–Crippen MR) is 321 cm³/mol. The van der Waals surface area contributed by atoms with Crippen molar-refractivity contribution < 1.29 is 22.4 Å². The molecule has 0 bridgehead atoms. The Balaban J connectivity index is 0.753. The summed E-state index contributed by atoms with van der Waals surface area (Å²) >= 11 is 0. The molecule has 3 aromatic carbocycles. The minimum absolute atomic E-state index is 0.0361. The first-order valence-electron chi connectivity index (χ1n) is 27.5. The van der Waals surface area contributed by atoms with Gasteiger partial charge in [0.2, 0.25) is 11.8 Å². The highest BCUT2D eigenvalue weighted by atomic mass is 16.5. The topological polar surface area (TPSA) is 149 Å². The fraction of sp³-hybridized carbons (Fsp3) is 0.0571. The van der Waals surface area contributed by atoms with Crippen molar-refractivity contribution in [2.75, 3.05) is 0 Å². The molecule has 394 valence electrons. The van der Waals surface area contributed by atoms with Crippen molar-refractivity contribution in [1.82, 2.24) is 39.0 Å². The van der Waals surface area contributed by atoms with Crippen LogP contribution in [0.4, 0.5) is 0 Å². The molecule has 1 aliphatic carbocycles. The highest BCUT2D eigenvalue weighted by Gasteiger charge is 2.33. The minimum atomic E-state index is -0.0361. The van der Waals surface area contributed by atoms with Crippen LogP contribution in [0.3, 0.4) is 0 Å². The second-order valence-electron chi connectivity index (χ2n) is 21.0. The first-order chi connectivity index (χ1) is 41.1. The maximum atomic E-state index is 6.63. The van der Waals surface area contributed by atoms with Gasteiger partial charge in [0.15, 0.2) is 17.3 Å². The van der Waals surface area contributed by atoms with Crippen molar-refractivity contribution in [1.29, 1.82) is 0 Å². The molecule has 0 amide bonds. The Labute approximate surface area is 472 Å². The number of hydrogen-bond donors (Lipinski definition) is 0. The summed E-state index contributed by atoms with van der Waals surface area (Å²) < 4.78 is 37.0. The maximum absolute atomic E-state index is 6.63. The maximum Gasteiger partial charge on any atom is 0.206 e. The summed E-state index contributed by atoms with van der Waals surface area (Å²) in [5.41, 5.74) is 14.3. The van der Waals surface area contributed by atoms with Gasteiger partial charge in [-0.05, 0) is 163 Å². The van der Waals surface area contributed by atoms with E-state index in [4.69, 9.17) is 32.4 Å². The Morgan fingerprint density at radius 1 is 0.410 bits per heavy atom. The zero-order chi connectivity index (χ0) is 54.5. The molecule has 2 atom stereocenters. The Morgan fingerprint density at radius 3 is 1.57 bits per heavy atom. The molecule has 12 aromatic heterocycles. The van der Waals surface area contributed by atoms with E-state index in [-0.39, 0.29) is 12.0 Å². The van der Waals surface area contributed by atoms with E-state index in [0.717, 1.165) is 136 Å². The van der Waals surface area contributed by atoms with Crippen molar-refractivity contribution in [3.63, 3.8) is 0 Å². The third-order valence-corrected chi connectivity index (χ3v) is 16.1. The van der Waals surface area contributed by atoms with E-state index in [9.17, 15) is 0 Å². The SMILES string of the molecule is C1=CC(C2CC=C(c3ccccn3)O2)Cc2c1n(-c1ccc(-c3ccccn3)o1)c1ncc(-c3ccc4oc5ccc(-c6cnc7c(c6)c6cc(-c8ccc(-c9ccccn9)o8)ccc6n7-c6ccc(-c7ccccn7)o6)cc5c4c3)cc21. The number of pyridine rings is 6. The quantitative estimate of drug-likeness (QED) is 0.129. The Kier molecular flexibility index (Phi) is 10.5. The Morgan fingerprint density at radius 2 is 0.940 bits per heavy atom. The van der Waals surface area contributed by atoms with Gasteiger partial charge in [0.25, 0.3) is 0 Å². The highest BCUT2D eigenvalue weighted by molar-refractivity contribution is 6.11. The number of ether oxygens (including phenoxy) is 1. The van der Waals surface area contributed by atoms with Gasteiger partial charge in [0.1, 0.15) is 62.9 Å².